The van der Waals surface area contributed by atoms with Gasteiger partial charge in [-0.2, -0.15) is 0 Å². The zero-order valence-electron chi connectivity index (χ0n) is 11.3. The molecule has 4 nitrogen and oxygen atoms in total. The van der Waals surface area contributed by atoms with Gasteiger partial charge in [0, 0.05) is 24.3 Å². The fourth-order valence-corrected chi connectivity index (χ4v) is 1.67. The van der Waals surface area contributed by atoms with Gasteiger partial charge in [-0.3, -0.25) is 4.79 Å². The second-order valence-electron chi connectivity index (χ2n) is 4.35. The van der Waals surface area contributed by atoms with Crippen molar-refractivity contribution < 1.29 is 9.90 Å². The molecule has 1 aromatic carbocycles. The summed E-state index contributed by atoms with van der Waals surface area (Å²) >= 11 is 0. The molecule has 0 aromatic heterocycles. The maximum absolute atomic E-state index is 12.1. The number of likely N-dealkylation sites (N-methyl/N-ethyl adjacent to an activating group) is 1. The number of carbonyl (C=O) groups is 1. The molecule has 18 heavy (non-hydrogen) atoms. The first-order valence-corrected chi connectivity index (χ1v) is 6.41. The SMILES string of the molecule is CCC(C)NCC(=O)N(CC)c1cccc(O)c1. The lowest BCUT2D eigenvalue weighted by Gasteiger charge is -2.22. The number of nitrogens with zero attached hydrogens (tertiary/aromatic N) is 1. The Morgan fingerprint density at radius 3 is 2.72 bits per heavy atom. The van der Waals surface area contributed by atoms with Gasteiger partial charge in [-0.25, -0.2) is 0 Å². The number of carbonyl (C=O) groups excluding carboxylic acids is 1. The van der Waals surface area contributed by atoms with E-state index < -0.39 is 0 Å². The van der Waals surface area contributed by atoms with E-state index in [2.05, 4.69) is 19.2 Å². The fraction of sp³-hybridized carbons (Fsp3) is 0.500. The van der Waals surface area contributed by atoms with Crippen LogP contribution in [0.2, 0.25) is 0 Å². The molecule has 2 N–H and O–H groups in total. The molecule has 100 valence electrons. The number of rotatable bonds is 6. The van der Waals surface area contributed by atoms with Crippen LogP contribution in [0.25, 0.3) is 0 Å². The van der Waals surface area contributed by atoms with E-state index in [0.717, 1.165) is 12.1 Å². The first-order chi connectivity index (χ1) is 8.58. The minimum atomic E-state index is 0.0170. The molecule has 0 aliphatic rings. The summed E-state index contributed by atoms with van der Waals surface area (Å²) in [5.74, 6) is 0.192. The molecule has 0 bridgehead atoms. The van der Waals surface area contributed by atoms with E-state index in [1.807, 2.05) is 13.0 Å². The van der Waals surface area contributed by atoms with Crippen LogP contribution in [0.4, 0.5) is 5.69 Å². The lowest BCUT2D eigenvalue weighted by atomic mass is 10.2. The Labute approximate surface area is 109 Å². The average Bonchev–Trinajstić information content (AvgIpc) is 2.37. The highest BCUT2D eigenvalue weighted by molar-refractivity contribution is 5.94. The summed E-state index contributed by atoms with van der Waals surface area (Å²) < 4.78 is 0. The number of anilines is 1. The Balaban J connectivity index is 2.68. The second kappa shape index (κ2) is 7.01. The Bertz CT molecular complexity index is 393. The average molecular weight is 250 g/mol. The van der Waals surface area contributed by atoms with Crippen LogP contribution in [0.1, 0.15) is 27.2 Å². The van der Waals surface area contributed by atoms with Gasteiger partial charge in [0.15, 0.2) is 0 Å². The Kier molecular flexibility index (Phi) is 5.65. The van der Waals surface area contributed by atoms with E-state index in [4.69, 9.17) is 0 Å². The van der Waals surface area contributed by atoms with Crippen molar-refractivity contribution >= 4 is 11.6 Å². The molecule has 0 saturated carbocycles. The molecular weight excluding hydrogens is 228 g/mol. The highest BCUT2D eigenvalue weighted by Gasteiger charge is 2.14. The van der Waals surface area contributed by atoms with Crippen molar-refractivity contribution in [1.82, 2.24) is 5.32 Å². The number of amides is 1. The first-order valence-electron chi connectivity index (χ1n) is 6.41. The molecule has 0 aliphatic heterocycles. The summed E-state index contributed by atoms with van der Waals surface area (Å²) in [7, 11) is 0. The summed E-state index contributed by atoms with van der Waals surface area (Å²) in [6.45, 7) is 6.96. The third-order valence-electron chi connectivity index (χ3n) is 2.97. The minimum absolute atomic E-state index is 0.0170. The Morgan fingerprint density at radius 2 is 2.17 bits per heavy atom. The molecule has 0 spiro atoms. The van der Waals surface area contributed by atoms with Gasteiger partial charge in [-0.15, -0.1) is 0 Å². The van der Waals surface area contributed by atoms with E-state index >= 15 is 0 Å². The van der Waals surface area contributed by atoms with Crippen LogP contribution in [0.3, 0.4) is 0 Å². The van der Waals surface area contributed by atoms with Gasteiger partial charge in [0.2, 0.25) is 5.91 Å². The van der Waals surface area contributed by atoms with Crippen molar-refractivity contribution in [3.63, 3.8) is 0 Å². The minimum Gasteiger partial charge on any atom is -0.508 e. The molecule has 1 aromatic rings. The number of phenols is 1. The summed E-state index contributed by atoms with van der Waals surface area (Å²) in [6.07, 6.45) is 0.992. The van der Waals surface area contributed by atoms with Gasteiger partial charge in [0.25, 0.3) is 0 Å². The van der Waals surface area contributed by atoms with Crippen LogP contribution in [-0.2, 0) is 4.79 Å². The first kappa shape index (κ1) is 14.5. The lowest BCUT2D eigenvalue weighted by Crippen LogP contribution is -2.40. The maximum Gasteiger partial charge on any atom is 0.240 e. The van der Waals surface area contributed by atoms with Gasteiger partial charge < -0.3 is 15.3 Å². The van der Waals surface area contributed by atoms with Crippen LogP contribution >= 0.6 is 0 Å². The summed E-state index contributed by atoms with van der Waals surface area (Å²) in [5.41, 5.74) is 0.730. The molecule has 0 fully saturated rings. The molecule has 0 radical (unpaired) electrons. The third-order valence-corrected chi connectivity index (χ3v) is 2.97. The Hall–Kier alpha value is -1.55. The summed E-state index contributed by atoms with van der Waals surface area (Å²) in [6, 6.07) is 7.09. The van der Waals surface area contributed by atoms with E-state index in [0.29, 0.717) is 19.1 Å². The zero-order valence-corrected chi connectivity index (χ0v) is 11.3. The smallest absolute Gasteiger partial charge is 0.240 e. The van der Waals surface area contributed by atoms with Gasteiger partial charge in [0.05, 0.1) is 6.54 Å². The van der Waals surface area contributed by atoms with Crippen molar-refractivity contribution in [3.05, 3.63) is 24.3 Å². The lowest BCUT2D eigenvalue weighted by molar-refractivity contribution is -0.117. The molecule has 4 heteroatoms. The summed E-state index contributed by atoms with van der Waals surface area (Å²) in [5, 5.41) is 12.6. The van der Waals surface area contributed by atoms with E-state index in [-0.39, 0.29) is 11.7 Å². The highest BCUT2D eigenvalue weighted by atomic mass is 16.3. The van der Waals surface area contributed by atoms with Gasteiger partial charge in [-0.05, 0) is 32.4 Å². The molecule has 1 amide bonds. The number of aromatic hydroxyl groups is 1. The molecule has 1 unspecified atom stereocenters. The van der Waals surface area contributed by atoms with Gasteiger partial charge >= 0.3 is 0 Å². The van der Waals surface area contributed by atoms with Crippen LogP contribution in [0, 0.1) is 0 Å². The van der Waals surface area contributed by atoms with Gasteiger partial charge in [0.1, 0.15) is 5.75 Å². The molecule has 1 rings (SSSR count). The maximum atomic E-state index is 12.1. The van der Waals surface area contributed by atoms with Crippen LogP contribution < -0.4 is 10.2 Å². The van der Waals surface area contributed by atoms with Crippen LogP contribution in [-0.4, -0.2) is 30.1 Å². The normalized spacial score (nSPS) is 12.2. The van der Waals surface area contributed by atoms with Crippen LogP contribution in [0.15, 0.2) is 24.3 Å². The quantitative estimate of drug-likeness (QED) is 0.813. The fourth-order valence-electron chi connectivity index (χ4n) is 1.67. The van der Waals surface area contributed by atoms with Crippen molar-refractivity contribution in [2.24, 2.45) is 0 Å². The number of nitrogens with one attached hydrogen (secondary N) is 1. The number of benzene rings is 1. The highest BCUT2D eigenvalue weighted by Crippen LogP contribution is 2.19. The van der Waals surface area contributed by atoms with Crippen molar-refractivity contribution in [2.45, 2.75) is 33.2 Å². The number of hydrogen-bond donors (Lipinski definition) is 2. The molecule has 0 saturated heterocycles. The van der Waals surface area contributed by atoms with Gasteiger partial charge in [-0.1, -0.05) is 13.0 Å². The standard InChI is InChI=1S/C14H22N2O2/c1-4-11(3)15-10-14(18)16(5-2)12-7-6-8-13(17)9-12/h6-9,11,15,17H,4-5,10H2,1-3H3. The predicted octanol–water partition coefficient (Wildman–Crippen LogP) is 2.13. The topological polar surface area (TPSA) is 52.6 Å². The van der Waals surface area contributed by atoms with Crippen molar-refractivity contribution in [3.8, 4) is 5.75 Å². The van der Waals surface area contributed by atoms with E-state index in [1.165, 1.54) is 0 Å². The zero-order chi connectivity index (χ0) is 13.5. The number of hydrogen-bond acceptors (Lipinski definition) is 3. The largest absolute Gasteiger partial charge is 0.508 e. The van der Waals surface area contributed by atoms with Crippen LogP contribution in [0.5, 0.6) is 5.75 Å². The van der Waals surface area contributed by atoms with E-state index in [9.17, 15) is 9.90 Å². The molecule has 0 aliphatic carbocycles. The summed E-state index contributed by atoms with van der Waals surface area (Å²) in [4.78, 5) is 13.7. The van der Waals surface area contributed by atoms with Crippen molar-refractivity contribution in [1.29, 1.82) is 0 Å². The number of phenolic OH excluding ortho intramolecular Hbond substituents is 1. The van der Waals surface area contributed by atoms with E-state index in [1.54, 1.807) is 23.1 Å². The monoisotopic (exact) mass is 250 g/mol. The Morgan fingerprint density at radius 1 is 1.44 bits per heavy atom. The predicted molar refractivity (Wildman–Crippen MR) is 73.9 cm³/mol. The third kappa shape index (κ3) is 4.04. The second-order valence-corrected chi connectivity index (χ2v) is 4.35. The molecule has 0 heterocycles. The molecule has 1 atom stereocenters. The molecular formula is C14H22N2O2. The van der Waals surface area contributed by atoms with Crippen molar-refractivity contribution in [2.75, 3.05) is 18.0 Å².